The summed E-state index contributed by atoms with van der Waals surface area (Å²) in [5.74, 6) is -1.46. The lowest BCUT2D eigenvalue weighted by Gasteiger charge is -2.36. The summed E-state index contributed by atoms with van der Waals surface area (Å²) in [7, 11) is 0. The van der Waals surface area contributed by atoms with Crippen LogP contribution in [0, 0.1) is 0 Å². The molecular weight excluding hydrogens is 510 g/mol. The molecule has 6 nitrogen and oxygen atoms in total. The van der Waals surface area contributed by atoms with E-state index in [4.69, 9.17) is 9.15 Å². The summed E-state index contributed by atoms with van der Waals surface area (Å²) >= 11 is 1.63. The van der Waals surface area contributed by atoms with E-state index in [1.54, 1.807) is 42.5 Å². The molecule has 0 unspecified atom stereocenters. The van der Waals surface area contributed by atoms with Gasteiger partial charge in [-0.1, -0.05) is 48.5 Å². The molecule has 6 rings (SSSR count). The molecule has 7 heteroatoms. The first-order chi connectivity index (χ1) is 19.0. The third-order valence-electron chi connectivity index (χ3n) is 7.48. The van der Waals surface area contributed by atoms with E-state index in [9.17, 15) is 14.4 Å². The van der Waals surface area contributed by atoms with E-state index >= 15 is 0 Å². The molecule has 1 aliphatic carbocycles. The van der Waals surface area contributed by atoms with Gasteiger partial charge in [-0.05, 0) is 42.5 Å². The van der Waals surface area contributed by atoms with E-state index in [0.717, 1.165) is 16.1 Å². The van der Waals surface area contributed by atoms with Gasteiger partial charge in [0, 0.05) is 46.2 Å². The topological polar surface area (TPSA) is 85.6 Å². The maximum atomic E-state index is 13.8. The fourth-order valence-electron chi connectivity index (χ4n) is 5.62. The number of para-hydroxylation sites is 1. The van der Waals surface area contributed by atoms with Gasteiger partial charge in [-0.2, -0.15) is 0 Å². The Balaban J connectivity index is 1.40. The van der Waals surface area contributed by atoms with Gasteiger partial charge < -0.3 is 14.5 Å². The number of rotatable bonds is 6. The lowest BCUT2D eigenvalue weighted by molar-refractivity contribution is -0.139. The van der Waals surface area contributed by atoms with Crippen LogP contribution >= 0.6 is 11.3 Å². The van der Waals surface area contributed by atoms with Crippen molar-refractivity contribution in [1.29, 1.82) is 0 Å². The molecule has 2 aliphatic rings. The molecule has 2 aromatic carbocycles. The first kappa shape index (κ1) is 25.1. The summed E-state index contributed by atoms with van der Waals surface area (Å²) < 4.78 is 11.6. The second kappa shape index (κ2) is 10.5. The van der Waals surface area contributed by atoms with Gasteiger partial charge >= 0.3 is 5.97 Å². The number of dihydropyridines is 1. The van der Waals surface area contributed by atoms with Gasteiger partial charge in [0.15, 0.2) is 11.2 Å². The van der Waals surface area contributed by atoms with Crippen LogP contribution in [0.4, 0.5) is 0 Å². The third kappa shape index (κ3) is 4.74. The van der Waals surface area contributed by atoms with Crippen LogP contribution in [0.2, 0.25) is 0 Å². The molecule has 0 bridgehead atoms. The minimum absolute atomic E-state index is 0.0459. The number of esters is 1. The molecule has 2 atom stereocenters. The number of allylic oxidation sites excluding steroid dienone is 3. The van der Waals surface area contributed by atoms with Crippen molar-refractivity contribution in [1.82, 2.24) is 5.32 Å². The molecule has 0 saturated heterocycles. The molecule has 1 aliphatic heterocycles. The van der Waals surface area contributed by atoms with Crippen LogP contribution in [0.25, 0.3) is 11.0 Å². The number of benzene rings is 2. The van der Waals surface area contributed by atoms with Crippen LogP contribution in [-0.4, -0.2) is 18.4 Å². The number of Topliss-reactive ketones (excluding diaryl/α,β-unsaturated/α-hetero) is 1. The summed E-state index contributed by atoms with van der Waals surface area (Å²) in [5, 5.41) is 5.76. The number of ether oxygens (including phenoxy) is 1. The molecule has 196 valence electrons. The zero-order valence-corrected chi connectivity index (χ0v) is 22.3. The standard InChI is InChI=1S/C32H27NO5S/c1-19-28(32(36)37-14-13-20-8-3-2-4-9-20)29(23-18-38-26-11-6-5-10-22(26)31(23)35)30-24(33-19)16-21(17-25(30)34)27-12-7-15-39-27/h2-12,15,18,21,29,33H,13-14,16-17H2,1H3/t21-,29-/m1/s1. The van der Waals surface area contributed by atoms with Gasteiger partial charge in [0.05, 0.1) is 29.7 Å². The summed E-state index contributed by atoms with van der Waals surface area (Å²) in [5.41, 5.74) is 3.56. The second-order valence-electron chi connectivity index (χ2n) is 9.92. The minimum Gasteiger partial charge on any atom is -0.464 e. The molecule has 4 aromatic rings. The van der Waals surface area contributed by atoms with E-state index in [-0.39, 0.29) is 34.9 Å². The van der Waals surface area contributed by atoms with Crippen molar-refractivity contribution in [3.05, 3.63) is 127 Å². The summed E-state index contributed by atoms with van der Waals surface area (Å²) in [6, 6.07) is 20.8. The van der Waals surface area contributed by atoms with Crippen molar-refractivity contribution in [3.8, 4) is 0 Å². The van der Waals surface area contributed by atoms with Crippen molar-refractivity contribution in [3.63, 3.8) is 0 Å². The summed E-state index contributed by atoms with van der Waals surface area (Å²) in [6.07, 6.45) is 2.88. The number of fused-ring (bicyclic) bond motifs is 1. The minimum atomic E-state index is -0.872. The molecule has 1 N–H and O–H groups in total. The Morgan fingerprint density at radius 2 is 1.82 bits per heavy atom. The van der Waals surface area contributed by atoms with Crippen LogP contribution in [-0.2, 0) is 20.7 Å². The highest BCUT2D eigenvalue weighted by atomic mass is 32.1. The van der Waals surface area contributed by atoms with Crippen LogP contribution in [0.3, 0.4) is 0 Å². The van der Waals surface area contributed by atoms with Crippen LogP contribution in [0.15, 0.2) is 110 Å². The lowest BCUT2D eigenvalue weighted by atomic mass is 9.73. The zero-order chi connectivity index (χ0) is 26.9. The zero-order valence-electron chi connectivity index (χ0n) is 21.4. The molecule has 2 aromatic heterocycles. The fourth-order valence-corrected chi connectivity index (χ4v) is 6.45. The number of hydrogen-bond acceptors (Lipinski definition) is 7. The van der Waals surface area contributed by atoms with E-state index < -0.39 is 11.9 Å². The van der Waals surface area contributed by atoms with E-state index in [0.29, 0.717) is 41.5 Å². The predicted octanol–water partition coefficient (Wildman–Crippen LogP) is 6.00. The first-order valence-corrected chi connectivity index (χ1v) is 13.9. The van der Waals surface area contributed by atoms with E-state index in [1.807, 2.05) is 47.8 Å². The van der Waals surface area contributed by atoms with Crippen molar-refractivity contribution in [2.24, 2.45) is 0 Å². The highest BCUT2D eigenvalue weighted by molar-refractivity contribution is 7.10. The normalized spacial score (nSPS) is 19.2. The van der Waals surface area contributed by atoms with Gasteiger partial charge in [-0.15, -0.1) is 11.3 Å². The van der Waals surface area contributed by atoms with E-state index in [2.05, 4.69) is 5.32 Å². The van der Waals surface area contributed by atoms with Gasteiger partial charge in [0.1, 0.15) is 5.58 Å². The average molecular weight is 538 g/mol. The van der Waals surface area contributed by atoms with Gasteiger partial charge in [-0.3, -0.25) is 9.59 Å². The maximum absolute atomic E-state index is 13.8. The average Bonchev–Trinajstić information content (AvgIpc) is 3.48. The summed E-state index contributed by atoms with van der Waals surface area (Å²) in [4.78, 5) is 42.3. The second-order valence-corrected chi connectivity index (χ2v) is 10.9. The monoisotopic (exact) mass is 537 g/mol. The van der Waals surface area contributed by atoms with E-state index in [1.165, 1.54) is 6.26 Å². The smallest absolute Gasteiger partial charge is 0.336 e. The predicted molar refractivity (Wildman–Crippen MR) is 150 cm³/mol. The van der Waals surface area contributed by atoms with Crippen molar-refractivity contribution in [2.75, 3.05) is 6.61 Å². The highest BCUT2D eigenvalue weighted by Gasteiger charge is 2.43. The number of ketones is 1. The molecule has 0 spiro atoms. The van der Waals surface area contributed by atoms with Crippen molar-refractivity contribution in [2.45, 2.75) is 38.0 Å². The quantitative estimate of drug-likeness (QED) is 0.304. The Kier molecular flexibility index (Phi) is 6.75. The highest BCUT2D eigenvalue weighted by Crippen LogP contribution is 2.45. The van der Waals surface area contributed by atoms with Crippen molar-refractivity contribution >= 4 is 34.1 Å². The van der Waals surface area contributed by atoms with Crippen LogP contribution in [0.1, 0.15) is 47.6 Å². The van der Waals surface area contributed by atoms with Gasteiger partial charge in [-0.25, -0.2) is 4.79 Å². The van der Waals surface area contributed by atoms with Crippen LogP contribution < -0.4 is 10.7 Å². The largest absolute Gasteiger partial charge is 0.464 e. The molecule has 39 heavy (non-hydrogen) atoms. The molecule has 0 radical (unpaired) electrons. The Morgan fingerprint density at radius 3 is 2.62 bits per heavy atom. The summed E-state index contributed by atoms with van der Waals surface area (Å²) in [6.45, 7) is 1.98. The SMILES string of the molecule is CC1=C(C(=O)OCCc2ccccc2)[C@@H](c2coc3ccccc3c2=O)C2=C(C[C@@H](c3cccs3)CC2=O)N1. The first-order valence-electron chi connectivity index (χ1n) is 13.0. The molecule has 3 heterocycles. The number of carbonyl (C=O) groups is 2. The van der Waals surface area contributed by atoms with Crippen molar-refractivity contribution < 1.29 is 18.7 Å². The van der Waals surface area contributed by atoms with Gasteiger partial charge in [0.2, 0.25) is 0 Å². The Morgan fingerprint density at radius 1 is 1.03 bits per heavy atom. The molecule has 0 saturated carbocycles. The number of thiophene rings is 1. The lowest BCUT2D eigenvalue weighted by Crippen LogP contribution is -2.37. The number of nitrogens with one attached hydrogen (secondary N) is 1. The van der Waals surface area contributed by atoms with Crippen LogP contribution in [0.5, 0.6) is 0 Å². The Hall–Kier alpha value is -4.23. The molecular formula is C32H27NO5S. The molecule has 0 fully saturated rings. The Bertz CT molecular complexity index is 1680. The molecule has 0 amide bonds. The number of hydrogen-bond donors (Lipinski definition) is 1. The maximum Gasteiger partial charge on any atom is 0.336 e. The third-order valence-corrected chi connectivity index (χ3v) is 8.51. The van der Waals surface area contributed by atoms with Gasteiger partial charge in [0.25, 0.3) is 0 Å². The number of carbonyl (C=O) groups excluding carboxylic acids is 2. The Labute approximate surface area is 229 Å². The fraction of sp³-hybridized carbons (Fsp3) is 0.219.